The van der Waals surface area contributed by atoms with E-state index in [4.69, 9.17) is 9.47 Å². The van der Waals surface area contributed by atoms with E-state index in [-0.39, 0.29) is 18.0 Å². The van der Waals surface area contributed by atoms with Crippen LogP contribution in [0.2, 0.25) is 0 Å². The number of benzene rings is 1. The molecule has 110 valence electrons. The summed E-state index contributed by atoms with van der Waals surface area (Å²) < 4.78 is 10.2. The Kier molecular flexibility index (Phi) is 3.30. The van der Waals surface area contributed by atoms with Crippen LogP contribution in [0.4, 0.5) is 10.5 Å². The third-order valence-electron chi connectivity index (χ3n) is 3.18. The molecule has 0 radical (unpaired) electrons. The molecule has 1 saturated heterocycles. The topological polar surface area (TPSA) is 111 Å². The minimum Gasteiger partial charge on any atom is -0.485 e. The fourth-order valence-corrected chi connectivity index (χ4v) is 2.11. The summed E-state index contributed by atoms with van der Waals surface area (Å²) in [6.07, 6.45) is 1.11. The number of fused-ring (bicyclic) bond motifs is 1. The molecule has 9 heteroatoms. The number of cyclic esters (lactones) is 1. The second-order valence-electron chi connectivity index (χ2n) is 4.48. The van der Waals surface area contributed by atoms with Crippen LogP contribution in [-0.2, 0) is 4.74 Å². The van der Waals surface area contributed by atoms with Gasteiger partial charge in [0.25, 0.3) is 0 Å². The standard InChI is InChI=1S/C12H12N4O5/c17-12-15(2-4-21-12)1-3-20-11-6-9-8(7-13-14-9)5-10(11)16(18)19/h5-7H,1-4H2,(H,13,14). The van der Waals surface area contributed by atoms with Crippen LogP contribution in [0.3, 0.4) is 0 Å². The number of carbonyl (C=O) groups is 1. The summed E-state index contributed by atoms with van der Waals surface area (Å²) in [6, 6.07) is 2.93. The SMILES string of the molecule is O=C1OCCN1CCOc1cc2[nH]ncc2cc1[N+](=O)[O-]. The number of hydrogen-bond acceptors (Lipinski definition) is 6. The van der Waals surface area contributed by atoms with Gasteiger partial charge in [-0.3, -0.25) is 15.2 Å². The molecule has 0 aliphatic carbocycles. The van der Waals surface area contributed by atoms with Gasteiger partial charge in [0, 0.05) is 17.5 Å². The first-order valence-corrected chi connectivity index (χ1v) is 6.31. The Morgan fingerprint density at radius 2 is 2.38 bits per heavy atom. The predicted octanol–water partition coefficient (Wildman–Crippen LogP) is 1.30. The van der Waals surface area contributed by atoms with Gasteiger partial charge < -0.3 is 14.4 Å². The number of hydrogen-bond donors (Lipinski definition) is 1. The Morgan fingerprint density at radius 1 is 1.52 bits per heavy atom. The lowest BCUT2D eigenvalue weighted by atomic mass is 10.2. The molecule has 2 aromatic rings. The number of H-pyrrole nitrogens is 1. The molecule has 0 bridgehead atoms. The summed E-state index contributed by atoms with van der Waals surface area (Å²) in [4.78, 5) is 23.3. The third-order valence-corrected chi connectivity index (χ3v) is 3.18. The summed E-state index contributed by atoms with van der Waals surface area (Å²) in [5.41, 5.74) is 0.518. The minimum absolute atomic E-state index is 0.132. The maximum atomic E-state index is 11.3. The molecule has 0 unspecified atom stereocenters. The van der Waals surface area contributed by atoms with E-state index in [9.17, 15) is 14.9 Å². The van der Waals surface area contributed by atoms with E-state index in [1.54, 1.807) is 0 Å². The first kappa shape index (κ1) is 13.2. The van der Waals surface area contributed by atoms with Crippen molar-refractivity contribution in [1.82, 2.24) is 15.1 Å². The first-order chi connectivity index (χ1) is 10.1. The van der Waals surface area contributed by atoms with E-state index in [1.165, 1.54) is 23.2 Å². The summed E-state index contributed by atoms with van der Waals surface area (Å²) in [7, 11) is 0. The minimum atomic E-state index is -0.508. The van der Waals surface area contributed by atoms with Gasteiger partial charge >= 0.3 is 11.8 Å². The highest BCUT2D eigenvalue weighted by molar-refractivity contribution is 5.83. The van der Waals surface area contributed by atoms with Crippen molar-refractivity contribution in [3.05, 3.63) is 28.4 Å². The van der Waals surface area contributed by atoms with Crippen LogP contribution < -0.4 is 4.74 Å². The van der Waals surface area contributed by atoms with Gasteiger partial charge in [0.1, 0.15) is 13.2 Å². The van der Waals surface area contributed by atoms with Gasteiger partial charge in [-0.1, -0.05) is 0 Å². The zero-order chi connectivity index (χ0) is 14.8. The zero-order valence-electron chi connectivity index (χ0n) is 10.9. The fraction of sp³-hybridized carbons (Fsp3) is 0.333. The van der Waals surface area contributed by atoms with E-state index in [0.717, 1.165) is 0 Å². The van der Waals surface area contributed by atoms with Crippen molar-refractivity contribution in [3.8, 4) is 5.75 Å². The molecule has 2 heterocycles. The first-order valence-electron chi connectivity index (χ1n) is 6.31. The maximum absolute atomic E-state index is 11.3. The summed E-state index contributed by atoms with van der Waals surface area (Å²) in [5, 5.41) is 18.3. The van der Waals surface area contributed by atoms with Crippen molar-refractivity contribution in [2.45, 2.75) is 0 Å². The molecular formula is C12H12N4O5. The summed E-state index contributed by atoms with van der Waals surface area (Å²) in [6.45, 7) is 1.33. The average Bonchev–Trinajstić information content (AvgIpc) is 3.06. The molecule has 1 fully saturated rings. The van der Waals surface area contributed by atoms with Gasteiger partial charge in [-0.25, -0.2) is 4.79 Å². The molecule has 1 aromatic heterocycles. The molecule has 21 heavy (non-hydrogen) atoms. The monoisotopic (exact) mass is 292 g/mol. The smallest absolute Gasteiger partial charge is 0.410 e. The van der Waals surface area contributed by atoms with Gasteiger partial charge in [0.2, 0.25) is 0 Å². The van der Waals surface area contributed by atoms with Crippen LogP contribution in [0.1, 0.15) is 0 Å². The second kappa shape index (κ2) is 5.27. The van der Waals surface area contributed by atoms with E-state index < -0.39 is 11.0 Å². The third kappa shape index (κ3) is 2.57. The maximum Gasteiger partial charge on any atom is 0.410 e. The summed E-state index contributed by atoms with van der Waals surface area (Å²) in [5.74, 6) is 0.143. The molecule has 0 spiro atoms. The zero-order valence-corrected chi connectivity index (χ0v) is 10.9. The lowest BCUT2D eigenvalue weighted by Crippen LogP contribution is -2.29. The molecule has 1 aliphatic rings. The van der Waals surface area contributed by atoms with Crippen LogP contribution in [-0.4, -0.2) is 52.4 Å². The number of nitrogens with zero attached hydrogens (tertiary/aromatic N) is 3. The number of carbonyl (C=O) groups excluding carboxylic acids is 1. The Morgan fingerprint density at radius 3 is 3.10 bits per heavy atom. The molecule has 0 atom stereocenters. The fourth-order valence-electron chi connectivity index (χ4n) is 2.11. The van der Waals surface area contributed by atoms with Gasteiger partial charge in [0.15, 0.2) is 5.75 Å². The highest BCUT2D eigenvalue weighted by Gasteiger charge is 2.22. The molecule has 3 rings (SSSR count). The number of aromatic amines is 1. The number of nitro groups is 1. The van der Waals surface area contributed by atoms with Crippen molar-refractivity contribution in [2.24, 2.45) is 0 Å². The highest BCUT2D eigenvalue weighted by atomic mass is 16.6. The quantitative estimate of drug-likeness (QED) is 0.657. The Balaban J connectivity index is 1.74. The van der Waals surface area contributed by atoms with E-state index >= 15 is 0 Å². The van der Waals surface area contributed by atoms with Crippen molar-refractivity contribution in [1.29, 1.82) is 0 Å². The number of ether oxygens (including phenoxy) is 2. The molecule has 9 nitrogen and oxygen atoms in total. The highest BCUT2D eigenvalue weighted by Crippen LogP contribution is 2.31. The largest absolute Gasteiger partial charge is 0.485 e. The van der Waals surface area contributed by atoms with Crippen molar-refractivity contribution < 1.29 is 19.2 Å². The van der Waals surface area contributed by atoms with Crippen LogP contribution in [0, 0.1) is 10.1 Å². The second-order valence-corrected chi connectivity index (χ2v) is 4.48. The number of amides is 1. The number of aromatic nitrogens is 2. The predicted molar refractivity (Wildman–Crippen MR) is 71.2 cm³/mol. The molecule has 1 amide bonds. The van der Waals surface area contributed by atoms with Crippen molar-refractivity contribution >= 4 is 22.7 Å². The number of rotatable bonds is 5. The molecule has 1 aromatic carbocycles. The normalized spacial score (nSPS) is 14.5. The van der Waals surface area contributed by atoms with Crippen LogP contribution in [0.15, 0.2) is 18.3 Å². The van der Waals surface area contributed by atoms with Gasteiger partial charge in [-0.2, -0.15) is 5.10 Å². The van der Waals surface area contributed by atoms with E-state index in [0.29, 0.717) is 30.6 Å². The van der Waals surface area contributed by atoms with E-state index in [2.05, 4.69) is 10.2 Å². The molecule has 1 aliphatic heterocycles. The van der Waals surface area contributed by atoms with Crippen molar-refractivity contribution in [3.63, 3.8) is 0 Å². The Hall–Kier alpha value is -2.84. The van der Waals surface area contributed by atoms with Gasteiger partial charge in [-0.15, -0.1) is 0 Å². The molecular weight excluding hydrogens is 280 g/mol. The van der Waals surface area contributed by atoms with Crippen LogP contribution >= 0.6 is 0 Å². The number of nitro benzene ring substituents is 1. The number of nitrogens with one attached hydrogen (secondary N) is 1. The Labute approximate surface area is 118 Å². The Bertz CT molecular complexity index is 698. The lowest BCUT2D eigenvalue weighted by Gasteiger charge is -2.13. The van der Waals surface area contributed by atoms with E-state index in [1.807, 2.05) is 0 Å². The molecule has 1 N–H and O–H groups in total. The average molecular weight is 292 g/mol. The summed E-state index contributed by atoms with van der Waals surface area (Å²) >= 11 is 0. The van der Waals surface area contributed by atoms with Crippen molar-refractivity contribution in [2.75, 3.05) is 26.3 Å². The molecule has 0 saturated carbocycles. The lowest BCUT2D eigenvalue weighted by molar-refractivity contribution is -0.385. The van der Waals surface area contributed by atoms with Crippen LogP contribution in [0.25, 0.3) is 10.9 Å². The van der Waals surface area contributed by atoms with Gasteiger partial charge in [0.05, 0.1) is 29.7 Å². The van der Waals surface area contributed by atoms with Gasteiger partial charge in [-0.05, 0) is 0 Å². The van der Waals surface area contributed by atoms with Crippen LogP contribution in [0.5, 0.6) is 5.75 Å².